The van der Waals surface area contributed by atoms with Crippen molar-refractivity contribution in [3.05, 3.63) is 69.8 Å². The molecule has 0 fully saturated rings. The van der Waals surface area contributed by atoms with E-state index in [2.05, 4.69) is 15.6 Å². The first-order valence-electron chi connectivity index (χ1n) is 7.92. The van der Waals surface area contributed by atoms with Gasteiger partial charge in [0.2, 0.25) is 0 Å². The number of carbonyl (C=O) groups is 2. The number of H-pyrrole nitrogens is 1. The molecule has 3 N–H and O–H groups in total. The highest BCUT2D eigenvalue weighted by Crippen LogP contribution is 2.24. The van der Waals surface area contributed by atoms with Gasteiger partial charge in [-0.1, -0.05) is 6.07 Å². The van der Waals surface area contributed by atoms with E-state index in [1.807, 2.05) is 0 Å². The number of hydrogen-bond donors (Lipinski definition) is 3. The molecule has 0 saturated heterocycles. The minimum Gasteiger partial charge on any atom is -0.331 e. The van der Waals surface area contributed by atoms with Gasteiger partial charge in [-0.3, -0.25) is 9.59 Å². The van der Waals surface area contributed by atoms with Crippen molar-refractivity contribution in [2.75, 3.05) is 0 Å². The third-order valence-corrected chi connectivity index (χ3v) is 4.43. The molecule has 2 atom stereocenters. The fraction of sp³-hybridized carbons (Fsp3) is 0.167. The molecular formula is C18H14ClF2N3O3. The summed E-state index contributed by atoms with van der Waals surface area (Å²) in [4.78, 5) is 37.7. The first-order chi connectivity index (χ1) is 12.8. The Morgan fingerprint density at radius 2 is 2.00 bits per heavy atom. The van der Waals surface area contributed by atoms with Gasteiger partial charge in [-0.15, -0.1) is 11.6 Å². The van der Waals surface area contributed by atoms with E-state index in [9.17, 15) is 23.2 Å². The second-order valence-electron chi connectivity index (χ2n) is 5.94. The number of pyridine rings is 1. The van der Waals surface area contributed by atoms with Crippen LogP contribution in [0.1, 0.15) is 18.5 Å². The summed E-state index contributed by atoms with van der Waals surface area (Å²) in [5.74, 6) is -2.67. The third-order valence-electron chi connectivity index (χ3n) is 4.09. The van der Waals surface area contributed by atoms with Crippen molar-refractivity contribution in [2.24, 2.45) is 0 Å². The number of fused-ring (bicyclic) bond motifs is 1. The van der Waals surface area contributed by atoms with Crippen molar-refractivity contribution >= 4 is 34.2 Å². The van der Waals surface area contributed by atoms with E-state index in [0.29, 0.717) is 11.3 Å². The van der Waals surface area contributed by atoms with Gasteiger partial charge >= 0.3 is 6.03 Å². The number of alkyl halides is 1. The number of rotatable bonds is 3. The molecule has 140 valence electrons. The minimum absolute atomic E-state index is 0.189. The van der Waals surface area contributed by atoms with Gasteiger partial charge in [0.05, 0.1) is 11.4 Å². The molecule has 0 spiro atoms. The number of carbonyl (C=O) groups excluding carboxylic acids is 2. The molecule has 6 nitrogen and oxygen atoms in total. The fourth-order valence-corrected chi connectivity index (χ4v) is 2.96. The molecule has 1 aromatic heterocycles. The molecular weight excluding hydrogens is 380 g/mol. The number of nitrogens with one attached hydrogen (secondary N) is 3. The van der Waals surface area contributed by atoms with Gasteiger partial charge in [0.25, 0.3) is 5.56 Å². The lowest BCUT2D eigenvalue weighted by molar-refractivity contribution is -0.113. The van der Waals surface area contributed by atoms with Gasteiger partial charge in [0.1, 0.15) is 5.38 Å². The van der Waals surface area contributed by atoms with Crippen molar-refractivity contribution in [3.8, 4) is 0 Å². The van der Waals surface area contributed by atoms with Crippen LogP contribution in [0.25, 0.3) is 10.8 Å². The number of benzene rings is 1. The Morgan fingerprint density at radius 3 is 2.70 bits per heavy atom. The zero-order valence-electron chi connectivity index (χ0n) is 14.0. The summed E-state index contributed by atoms with van der Waals surface area (Å²) < 4.78 is 27.4. The van der Waals surface area contributed by atoms with Crippen molar-refractivity contribution in [1.29, 1.82) is 0 Å². The van der Waals surface area contributed by atoms with Crippen LogP contribution in [0.5, 0.6) is 0 Å². The molecule has 1 heterocycles. The highest BCUT2D eigenvalue weighted by atomic mass is 35.5. The first-order valence-corrected chi connectivity index (χ1v) is 8.36. The zero-order valence-corrected chi connectivity index (χ0v) is 14.7. The van der Waals surface area contributed by atoms with E-state index >= 15 is 0 Å². The number of aromatic nitrogens is 1. The fourth-order valence-electron chi connectivity index (χ4n) is 2.75. The summed E-state index contributed by atoms with van der Waals surface area (Å²) in [6, 6.07) is 0.960. The summed E-state index contributed by atoms with van der Waals surface area (Å²) in [7, 11) is 0. The van der Waals surface area contributed by atoms with Crippen LogP contribution in [0.3, 0.4) is 0 Å². The molecule has 0 bridgehead atoms. The van der Waals surface area contributed by atoms with Crippen LogP contribution in [0.4, 0.5) is 13.6 Å². The summed E-state index contributed by atoms with van der Waals surface area (Å²) in [5.41, 5.74) is -0.0197. The predicted molar refractivity (Wildman–Crippen MR) is 96.4 cm³/mol. The molecule has 1 aromatic carbocycles. The van der Waals surface area contributed by atoms with E-state index in [1.54, 1.807) is 6.92 Å². The topological polar surface area (TPSA) is 91.1 Å². The molecule has 3 rings (SSSR count). The zero-order chi connectivity index (χ0) is 19.7. The van der Waals surface area contributed by atoms with Crippen molar-refractivity contribution in [1.82, 2.24) is 15.6 Å². The quantitative estimate of drug-likeness (QED) is 0.700. The molecule has 2 unspecified atom stereocenters. The van der Waals surface area contributed by atoms with Crippen LogP contribution < -0.4 is 16.2 Å². The highest BCUT2D eigenvalue weighted by molar-refractivity contribution is 6.34. The monoisotopic (exact) mass is 393 g/mol. The second-order valence-corrected chi connectivity index (χ2v) is 6.41. The van der Waals surface area contributed by atoms with Crippen LogP contribution in [0.15, 0.2) is 47.0 Å². The van der Waals surface area contributed by atoms with Crippen molar-refractivity contribution in [2.45, 2.75) is 18.3 Å². The van der Waals surface area contributed by atoms with E-state index in [0.717, 1.165) is 6.07 Å². The maximum atomic E-state index is 14.0. The number of halogens is 3. The Balaban J connectivity index is 1.83. The number of ketones is 1. The molecule has 27 heavy (non-hydrogen) atoms. The predicted octanol–water partition coefficient (Wildman–Crippen LogP) is 2.80. The van der Waals surface area contributed by atoms with Gasteiger partial charge in [-0.25, -0.2) is 13.6 Å². The van der Waals surface area contributed by atoms with Gasteiger partial charge in [0.15, 0.2) is 17.4 Å². The Morgan fingerprint density at radius 1 is 1.26 bits per heavy atom. The maximum Gasteiger partial charge on any atom is 0.319 e. The number of hydrogen-bond acceptors (Lipinski definition) is 3. The van der Waals surface area contributed by atoms with Crippen LogP contribution in [0.2, 0.25) is 0 Å². The molecule has 2 aromatic rings. The molecule has 1 aliphatic rings. The first kappa shape index (κ1) is 18.8. The Labute approximate surface area is 156 Å². The largest absolute Gasteiger partial charge is 0.331 e. The number of allylic oxidation sites excluding steroid dienone is 3. The van der Waals surface area contributed by atoms with Crippen LogP contribution >= 0.6 is 11.6 Å². The second kappa shape index (κ2) is 7.32. The SMILES string of the molecule is CC(NC(=O)NC1=CC(Cl)C(=O)C=C1)c1c[nH]c(=O)c2c(F)c(F)ccc12. The maximum absolute atomic E-state index is 14.0. The Hall–Kier alpha value is -3.00. The lowest BCUT2D eigenvalue weighted by Gasteiger charge is -2.18. The summed E-state index contributed by atoms with van der Waals surface area (Å²) in [6.45, 7) is 1.62. The standard InChI is InChI=1S/C18H14ClF2N3O3/c1-8(23-18(27)24-9-2-5-14(25)12(19)6-9)11-7-22-17(26)15-10(11)3-4-13(20)16(15)21/h2-8,12H,1H3,(H,22,26)(H2,23,24,27). The molecule has 0 aliphatic heterocycles. The van der Waals surface area contributed by atoms with E-state index in [4.69, 9.17) is 11.6 Å². The smallest absolute Gasteiger partial charge is 0.319 e. The molecule has 0 radical (unpaired) electrons. The van der Waals surface area contributed by atoms with Crippen molar-refractivity contribution in [3.63, 3.8) is 0 Å². The molecule has 2 amide bonds. The van der Waals surface area contributed by atoms with E-state index < -0.39 is 40.0 Å². The summed E-state index contributed by atoms with van der Waals surface area (Å²) in [5, 5.41) is 4.07. The lowest BCUT2D eigenvalue weighted by atomic mass is 10.0. The average Bonchev–Trinajstić information content (AvgIpc) is 2.61. The number of aromatic amines is 1. The van der Waals surface area contributed by atoms with Crippen molar-refractivity contribution < 1.29 is 18.4 Å². The van der Waals surface area contributed by atoms with E-state index in [1.165, 1.54) is 30.5 Å². The van der Waals surface area contributed by atoms with Crippen LogP contribution in [-0.2, 0) is 4.79 Å². The highest BCUT2D eigenvalue weighted by Gasteiger charge is 2.19. The summed E-state index contributed by atoms with van der Waals surface area (Å²) in [6.07, 6.45) is 5.39. The van der Waals surface area contributed by atoms with Crippen LogP contribution in [0, 0.1) is 11.6 Å². The average molecular weight is 394 g/mol. The Bertz CT molecular complexity index is 1060. The third kappa shape index (κ3) is 3.75. The molecule has 0 saturated carbocycles. The number of amides is 2. The van der Waals surface area contributed by atoms with Gasteiger partial charge < -0.3 is 15.6 Å². The van der Waals surface area contributed by atoms with Gasteiger partial charge in [-0.05, 0) is 42.2 Å². The minimum atomic E-state index is -1.25. The summed E-state index contributed by atoms with van der Waals surface area (Å²) >= 11 is 5.81. The van der Waals surface area contributed by atoms with Crippen LogP contribution in [-0.4, -0.2) is 22.2 Å². The Kier molecular flexibility index (Phi) is 5.09. The normalized spacial score (nSPS) is 17.6. The molecule has 1 aliphatic carbocycles. The van der Waals surface area contributed by atoms with Gasteiger partial charge in [0, 0.05) is 11.9 Å². The molecule has 9 heteroatoms. The lowest BCUT2D eigenvalue weighted by Crippen LogP contribution is -2.37. The van der Waals surface area contributed by atoms with E-state index in [-0.39, 0.29) is 11.2 Å². The number of urea groups is 1. The van der Waals surface area contributed by atoms with Gasteiger partial charge in [-0.2, -0.15) is 0 Å².